The molecule has 0 aromatic carbocycles. The molecule has 0 aromatic heterocycles. The van der Waals surface area contributed by atoms with Gasteiger partial charge in [0.1, 0.15) is 6.07 Å². The minimum absolute atomic E-state index is 0.372. The van der Waals surface area contributed by atoms with Crippen molar-refractivity contribution in [1.29, 1.82) is 5.26 Å². The van der Waals surface area contributed by atoms with Crippen LogP contribution in [0, 0.1) is 11.3 Å². The second kappa shape index (κ2) is 6.27. The smallest absolute Gasteiger partial charge is 0.102 e. The minimum Gasteiger partial charge on any atom is -0.366 e. The van der Waals surface area contributed by atoms with E-state index in [1.807, 2.05) is 6.92 Å². The number of hydrogen-bond acceptors (Lipinski definition) is 3. The van der Waals surface area contributed by atoms with Crippen molar-refractivity contribution >= 4 is 0 Å². The van der Waals surface area contributed by atoms with Crippen molar-refractivity contribution in [3.8, 4) is 6.07 Å². The second-order valence-electron chi connectivity index (χ2n) is 6.13. The lowest BCUT2D eigenvalue weighted by molar-refractivity contribution is 0.186. The summed E-state index contributed by atoms with van der Waals surface area (Å²) in [6.07, 6.45) is 4.35. The normalized spacial score (nSPS) is 21.5. The molecule has 116 valence electrons. The zero-order valence-corrected chi connectivity index (χ0v) is 13.9. The van der Waals surface area contributed by atoms with E-state index in [9.17, 15) is 5.26 Å². The summed E-state index contributed by atoms with van der Waals surface area (Å²) in [4.78, 5) is 4.46. The molecule has 0 bridgehead atoms. The van der Waals surface area contributed by atoms with Gasteiger partial charge in [-0.2, -0.15) is 5.26 Å². The Morgan fingerprint density at radius 2 is 2.14 bits per heavy atom. The highest BCUT2D eigenvalue weighted by molar-refractivity contribution is 5.65. The first-order chi connectivity index (χ1) is 10.4. The highest BCUT2D eigenvalue weighted by Crippen LogP contribution is 2.39. The molecule has 0 saturated carbocycles. The standard InChI is InChI=1S/C19H25N3/c1-7-8-9-22-14(4)11-21-12-18(13(2)3)15(5)17(10-20)19(21)16(22)6/h12,14H,2,5-9,11H2,1,3-4H3. The van der Waals surface area contributed by atoms with Gasteiger partial charge in [-0.05, 0) is 31.4 Å². The SMILES string of the molecule is C=C(C)C1=CN2CC(C)N(CCCC)C(=C)C2=C(C#N)C1=C. The van der Waals surface area contributed by atoms with Gasteiger partial charge < -0.3 is 9.80 Å². The molecule has 0 aromatic rings. The highest BCUT2D eigenvalue weighted by atomic mass is 15.3. The van der Waals surface area contributed by atoms with Crippen molar-refractivity contribution in [2.24, 2.45) is 0 Å². The first-order valence-electron chi connectivity index (χ1n) is 7.86. The molecule has 2 heterocycles. The molecule has 2 rings (SSSR count). The summed E-state index contributed by atoms with van der Waals surface area (Å²) in [5, 5.41) is 9.63. The van der Waals surface area contributed by atoms with Crippen molar-refractivity contribution < 1.29 is 0 Å². The van der Waals surface area contributed by atoms with Gasteiger partial charge in [-0.25, -0.2) is 0 Å². The Kier molecular flexibility index (Phi) is 4.61. The highest BCUT2D eigenvalue weighted by Gasteiger charge is 2.34. The third-order valence-electron chi connectivity index (χ3n) is 4.37. The maximum atomic E-state index is 9.63. The molecule has 1 unspecified atom stereocenters. The maximum Gasteiger partial charge on any atom is 0.102 e. The molecule has 2 aliphatic heterocycles. The van der Waals surface area contributed by atoms with E-state index in [2.05, 4.69) is 55.7 Å². The summed E-state index contributed by atoms with van der Waals surface area (Å²) >= 11 is 0. The summed E-state index contributed by atoms with van der Waals surface area (Å²) < 4.78 is 0. The molecule has 0 spiro atoms. The summed E-state index contributed by atoms with van der Waals surface area (Å²) in [6, 6.07) is 2.70. The lowest BCUT2D eigenvalue weighted by atomic mass is 9.89. The van der Waals surface area contributed by atoms with Crippen molar-refractivity contribution in [3.63, 3.8) is 0 Å². The lowest BCUT2D eigenvalue weighted by Gasteiger charge is -2.46. The van der Waals surface area contributed by atoms with Gasteiger partial charge in [-0.1, -0.05) is 33.1 Å². The Hall–Kier alpha value is -2.21. The molecule has 0 N–H and O–H groups in total. The van der Waals surface area contributed by atoms with Crippen LogP contribution in [0.3, 0.4) is 0 Å². The van der Waals surface area contributed by atoms with Crippen molar-refractivity contribution in [3.05, 3.63) is 59.6 Å². The molecule has 0 amide bonds. The summed E-state index contributed by atoms with van der Waals surface area (Å²) in [6.45, 7) is 20.6. The van der Waals surface area contributed by atoms with Gasteiger partial charge in [0.05, 0.1) is 17.0 Å². The third kappa shape index (κ3) is 2.62. The van der Waals surface area contributed by atoms with Crippen LogP contribution in [0.5, 0.6) is 0 Å². The quantitative estimate of drug-likeness (QED) is 0.781. The second-order valence-corrected chi connectivity index (χ2v) is 6.13. The monoisotopic (exact) mass is 295 g/mol. The van der Waals surface area contributed by atoms with Gasteiger partial charge in [0.2, 0.25) is 0 Å². The van der Waals surface area contributed by atoms with Gasteiger partial charge >= 0.3 is 0 Å². The average Bonchev–Trinajstić information content (AvgIpc) is 2.47. The molecule has 0 radical (unpaired) electrons. The molecular formula is C19H25N3. The van der Waals surface area contributed by atoms with E-state index in [1.54, 1.807) is 0 Å². The largest absolute Gasteiger partial charge is 0.366 e. The zero-order chi connectivity index (χ0) is 16.4. The van der Waals surface area contributed by atoms with Gasteiger partial charge in [-0.3, -0.25) is 0 Å². The number of allylic oxidation sites excluding steroid dienone is 4. The van der Waals surface area contributed by atoms with Crippen LogP contribution in [0.4, 0.5) is 0 Å². The number of nitriles is 1. The van der Waals surface area contributed by atoms with Crippen LogP contribution < -0.4 is 0 Å². The predicted molar refractivity (Wildman–Crippen MR) is 91.6 cm³/mol. The minimum atomic E-state index is 0.372. The first kappa shape index (κ1) is 16.2. The predicted octanol–water partition coefficient (Wildman–Crippen LogP) is 4.11. The molecule has 3 heteroatoms. The van der Waals surface area contributed by atoms with Crippen LogP contribution >= 0.6 is 0 Å². The molecule has 1 saturated heterocycles. The molecule has 1 atom stereocenters. The van der Waals surface area contributed by atoms with Gasteiger partial charge in [0.25, 0.3) is 0 Å². The van der Waals surface area contributed by atoms with E-state index < -0.39 is 0 Å². The molecule has 22 heavy (non-hydrogen) atoms. The van der Waals surface area contributed by atoms with Gasteiger partial charge in [0.15, 0.2) is 0 Å². The van der Waals surface area contributed by atoms with E-state index in [0.717, 1.165) is 54.0 Å². The summed E-state index contributed by atoms with van der Waals surface area (Å²) in [5.41, 5.74) is 5.12. The number of fused-ring (bicyclic) bond motifs is 1. The van der Waals surface area contributed by atoms with E-state index in [1.165, 1.54) is 0 Å². The van der Waals surface area contributed by atoms with Crippen LogP contribution in [-0.2, 0) is 0 Å². The first-order valence-corrected chi connectivity index (χ1v) is 7.86. The van der Waals surface area contributed by atoms with E-state index in [4.69, 9.17) is 0 Å². The van der Waals surface area contributed by atoms with Gasteiger partial charge in [0, 0.05) is 30.9 Å². The fourth-order valence-electron chi connectivity index (χ4n) is 3.13. The number of piperazine rings is 1. The zero-order valence-electron chi connectivity index (χ0n) is 13.9. The molecule has 1 fully saturated rings. The Morgan fingerprint density at radius 3 is 2.68 bits per heavy atom. The Balaban J connectivity index is 2.45. The van der Waals surface area contributed by atoms with E-state index >= 15 is 0 Å². The van der Waals surface area contributed by atoms with Gasteiger partial charge in [-0.15, -0.1) is 0 Å². The Labute approximate surface area is 134 Å². The van der Waals surface area contributed by atoms with Crippen LogP contribution in [0.1, 0.15) is 33.6 Å². The number of hydrogen-bond donors (Lipinski definition) is 0. The number of unbranched alkanes of at least 4 members (excludes halogenated alkanes) is 1. The summed E-state index contributed by atoms with van der Waals surface area (Å²) in [5.74, 6) is 0. The lowest BCUT2D eigenvalue weighted by Crippen LogP contribution is -2.48. The van der Waals surface area contributed by atoms with Crippen LogP contribution in [0.25, 0.3) is 0 Å². The Morgan fingerprint density at radius 1 is 1.45 bits per heavy atom. The molecule has 0 aliphatic carbocycles. The number of rotatable bonds is 4. The van der Waals surface area contributed by atoms with Crippen molar-refractivity contribution in [1.82, 2.24) is 9.80 Å². The fourth-order valence-corrected chi connectivity index (χ4v) is 3.13. The van der Waals surface area contributed by atoms with Crippen molar-refractivity contribution in [2.45, 2.75) is 39.7 Å². The third-order valence-corrected chi connectivity index (χ3v) is 4.37. The average molecular weight is 295 g/mol. The molecule has 3 nitrogen and oxygen atoms in total. The van der Waals surface area contributed by atoms with Crippen molar-refractivity contribution in [2.75, 3.05) is 13.1 Å². The van der Waals surface area contributed by atoms with Crippen LogP contribution in [0.15, 0.2) is 59.6 Å². The summed E-state index contributed by atoms with van der Waals surface area (Å²) in [7, 11) is 0. The van der Waals surface area contributed by atoms with E-state index in [0.29, 0.717) is 11.6 Å². The maximum absolute atomic E-state index is 9.63. The topological polar surface area (TPSA) is 30.3 Å². The van der Waals surface area contributed by atoms with E-state index in [-0.39, 0.29) is 0 Å². The number of nitrogens with zero attached hydrogens (tertiary/aromatic N) is 3. The molecule has 2 aliphatic rings. The molecular weight excluding hydrogens is 270 g/mol. The Bertz CT molecular complexity index is 628. The van der Waals surface area contributed by atoms with Crippen LogP contribution in [0.2, 0.25) is 0 Å². The fraction of sp³-hybridized carbons (Fsp3) is 0.421. The van der Waals surface area contributed by atoms with Crippen LogP contribution in [-0.4, -0.2) is 28.9 Å².